The van der Waals surface area contributed by atoms with Crippen LogP contribution in [0.4, 0.5) is 0 Å². The molecule has 0 saturated heterocycles. The first kappa shape index (κ1) is 14.2. The number of halogens is 1. The van der Waals surface area contributed by atoms with E-state index in [0.717, 1.165) is 40.6 Å². The highest BCUT2D eigenvalue weighted by atomic mass is 79.9. The van der Waals surface area contributed by atoms with E-state index in [1.165, 1.54) is 23.4 Å². The van der Waals surface area contributed by atoms with Gasteiger partial charge < -0.3 is 5.32 Å². The van der Waals surface area contributed by atoms with E-state index in [0.29, 0.717) is 0 Å². The summed E-state index contributed by atoms with van der Waals surface area (Å²) in [4.78, 5) is 10.6. The third-order valence-electron chi connectivity index (χ3n) is 3.35. The molecule has 0 atom stereocenters. The van der Waals surface area contributed by atoms with Crippen LogP contribution in [-0.2, 0) is 13.0 Å². The maximum atomic E-state index is 4.82. The summed E-state index contributed by atoms with van der Waals surface area (Å²) in [7, 11) is 0. The number of hydrogen-bond donors (Lipinski definition) is 1. The Kier molecular flexibility index (Phi) is 4.48. The summed E-state index contributed by atoms with van der Waals surface area (Å²) in [5, 5.41) is 4.61. The molecule has 106 valence electrons. The van der Waals surface area contributed by atoms with Crippen molar-refractivity contribution in [2.45, 2.75) is 45.2 Å². The van der Waals surface area contributed by atoms with Crippen LogP contribution in [0.15, 0.2) is 22.8 Å². The second kappa shape index (κ2) is 6.33. The summed E-state index contributed by atoms with van der Waals surface area (Å²) in [5.41, 5.74) is 2.19. The van der Waals surface area contributed by atoms with Gasteiger partial charge in [-0.05, 0) is 47.3 Å². The zero-order valence-corrected chi connectivity index (χ0v) is 13.9. The van der Waals surface area contributed by atoms with E-state index in [-0.39, 0.29) is 0 Å². The molecule has 2 aromatic heterocycles. The Bertz CT molecular complexity index is 593. The quantitative estimate of drug-likeness (QED) is 0.848. The number of aryl methyl sites for hydroxylation is 1. The fourth-order valence-electron chi connectivity index (χ4n) is 2.12. The van der Waals surface area contributed by atoms with Gasteiger partial charge in [0.15, 0.2) is 0 Å². The van der Waals surface area contributed by atoms with Gasteiger partial charge in [-0.15, -0.1) is 11.3 Å². The molecule has 20 heavy (non-hydrogen) atoms. The number of pyridine rings is 1. The molecule has 0 amide bonds. The second-order valence-electron chi connectivity index (χ2n) is 5.13. The predicted octanol–water partition coefficient (Wildman–Crippen LogP) is 4.17. The summed E-state index contributed by atoms with van der Waals surface area (Å²) < 4.78 is 1.01. The molecule has 3 rings (SSSR count). The van der Waals surface area contributed by atoms with Crippen molar-refractivity contribution >= 4 is 27.3 Å². The maximum absolute atomic E-state index is 4.82. The Labute approximate surface area is 132 Å². The normalized spacial score (nSPS) is 14.7. The number of nitrogens with one attached hydrogen (secondary N) is 1. The molecule has 1 aliphatic carbocycles. The smallest absolute Gasteiger partial charge is 0.143 e. The van der Waals surface area contributed by atoms with Gasteiger partial charge in [0, 0.05) is 28.1 Å². The van der Waals surface area contributed by atoms with Gasteiger partial charge in [0.2, 0.25) is 0 Å². The molecule has 0 unspecified atom stereocenters. The van der Waals surface area contributed by atoms with Gasteiger partial charge in [0.05, 0.1) is 5.69 Å². The molecule has 2 aromatic rings. The average molecular weight is 352 g/mol. The van der Waals surface area contributed by atoms with Gasteiger partial charge in [0.25, 0.3) is 0 Å². The molecule has 1 fully saturated rings. The summed E-state index contributed by atoms with van der Waals surface area (Å²) in [5.74, 6) is 0. The van der Waals surface area contributed by atoms with Crippen LogP contribution in [-0.4, -0.2) is 16.0 Å². The van der Waals surface area contributed by atoms with Crippen LogP contribution in [0.1, 0.15) is 36.8 Å². The maximum Gasteiger partial charge on any atom is 0.143 e. The van der Waals surface area contributed by atoms with Crippen LogP contribution >= 0.6 is 27.3 Å². The van der Waals surface area contributed by atoms with Crippen molar-refractivity contribution < 1.29 is 0 Å². The Morgan fingerprint density at radius 1 is 1.45 bits per heavy atom. The molecule has 1 N–H and O–H groups in total. The Morgan fingerprint density at radius 2 is 2.30 bits per heavy atom. The lowest BCUT2D eigenvalue weighted by Gasteiger charge is -2.01. The van der Waals surface area contributed by atoms with E-state index >= 15 is 0 Å². The highest BCUT2D eigenvalue weighted by Gasteiger charge is 2.22. The zero-order valence-electron chi connectivity index (χ0n) is 11.5. The topological polar surface area (TPSA) is 37.8 Å². The van der Waals surface area contributed by atoms with Crippen molar-refractivity contribution in [1.29, 1.82) is 0 Å². The van der Waals surface area contributed by atoms with Crippen LogP contribution in [0.2, 0.25) is 0 Å². The number of rotatable bonds is 6. The SMILES string of the molecule is CCCc1nc(-c2ncccc2Br)sc1CNC1CC1. The summed E-state index contributed by atoms with van der Waals surface area (Å²) >= 11 is 5.34. The lowest BCUT2D eigenvalue weighted by atomic mass is 10.2. The van der Waals surface area contributed by atoms with Crippen molar-refractivity contribution in [2.24, 2.45) is 0 Å². The number of thiazole rings is 1. The highest BCUT2D eigenvalue weighted by Crippen LogP contribution is 2.32. The molecule has 2 heterocycles. The molecule has 0 radical (unpaired) electrons. The average Bonchev–Trinajstić information content (AvgIpc) is 3.19. The highest BCUT2D eigenvalue weighted by molar-refractivity contribution is 9.10. The molecule has 1 saturated carbocycles. The third-order valence-corrected chi connectivity index (χ3v) is 5.10. The van der Waals surface area contributed by atoms with Crippen LogP contribution in [0.25, 0.3) is 10.7 Å². The van der Waals surface area contributed by atoms with Crippen molar-refractivity contribution in [3.8, 4) is 10.7 Å². The van der Waals surface area contributed by atoms with E-state index in [1.807, 2.05) is 18.3 Å². The van der Waals surface area contributed by atoms with E-state index < -0.39 is 0 Å². The first-order valence-corrected chi connectivity index (χ1v) is 8.71. The summed E-state index contributed by atoms with van der Waals surface area (Å²) in [6.07, 6.45) is 6.63. The largest absolute Gasteiger partial charge is 0.309 e. The Hall–Kier alpha value is -0.780. The van der Waals surface area contributed by atoms with Gasteiger partial charge in [0.1, 0.15) is 10.7 Å². The Balaban J connectivity index is 1.87. The standard InChI is InChI=1S/C15H18BrN3S/c1-2-4-12-13(9-18-10-6-7-10)20-15(19-12)14-11(16)5-3-8-17-14/h3,5,8,10,18H,2,4,6-7,9H2,1H3. The first-order chi connectivity index (χ1) is 9.78. The van der Waals surface area contributed by atoms with Crippen molar-refractivity contribution in [3.05, 3.63) is 33.4 Å². The molecule has 1 aliphatic rings. The Morgan fingerprint density at radius 3 is 3.00 bits per heavy atom. The van der Waals surface area contributed by atoms with Crippen molar-refractivity contribution in [2.75, 3.05) is 0 Å². The summed E-state index contributed by atoms with van der Waals surface area (Å²) in [6.45, 7) is 3.15. The van der Waals surface area contributed by atoms with Gasteiger partial charge in [-0.1, -0.05) is 13.3 Å². The minimum absolute atomic E-state index is 0.733. The van der Waals surface area contributed by atoms with Crippen LogP contribution in [0.3, 0.4) is 0 Å². The van der Waals surface area contributed by atoms with Gasteiger partial charge in [-0.2, -0.15) is 0 Å². The van der Waals surface area contributed by atoms with E-state index in [4.69, 9.17) is 4.98 Å². The third kappa shape index (κ3) is 3.27. The lowest BCUT2D eigenvalue weighted by molar-refractivity contribution is 0.686. The lowest BCUT2D eigenvalue weighted by Crippen LogP contribution is -2.15. The van der Waals surface area contributed by atoms with Gasteiger partial charge in [-0.25, -0.2) is 4.98 Å². The van der Waals surface area contributed by atoms with Gasteiger partial charge in [-0.3, -0.25) is 4.98 Å². The van der Waals surface area contributed by atoms with Crippen molar-refractivity contribution in [1.82, 2.24) is 15.3 Å². The summed E-state index contributed by atoms with van der Waals surface area (Å²) in [6, 6.07) is 4.69. The molecule has 0 bridgehead atoms. The fraction of sp³-hybridized carbons (Fsp3) is 0.467. The minimum atomic E-state index is 0.733. The molecule has 3 nitrogen and oxygen atoms in total. The number of aromatic nitrogens is 2. The molecular weight excluding hydrogens is 334 g/mol. The number of nitrogens with zero attached hydrogens (tertiary/aromatic N) is 2. The van der Waals surface area contributed by atoms with Gasteiger partial charge >= 0.3 is 0 Å². The molecule has 5 heteroatoms. The fourth-order valence-corrected chi connectivity index (χ4v) is 3.77. The van der Waals surface area contributed by atoms with E-state index in [2.05, 4.69) is 33.2 Å². The van der Waals surface area contributed by atoms with Crippen molar-refractivity contribution in [3.63, 3.8) is 0 Å². The second-order valence-corrected chi connectivity index (χ2v) is 7.07. The predicted molar refractivity (Wildman–Crippen MR) is 86.9 cm³/mol. The monoisotopic (exact) mass is 351 g/mol. The molecule has 0 aliphatic heterocycles. The van der Waals surface area contributed by atoms with E-state index in [9.17, 15) is 0 Å². The number of hydrogen-bond acceptors (Lipinski definition) is 4. The molecule has 0 spiro atoms. The van der Waals surface area contributed by atoms with Crippen LogP contribution < -0.4 is 5.32 Å². The minimum Gasteiger partial charge on any atom is -0.309 e. The zero-order chi connectivity index (χ0) is 13.9. The van der Waals surface area contributed by atoms with Crippen LogP contribution in [0.5, 0.6) is 0 Å². The molecule has 0 aromatic carbocycles. The molecular formula is C15H18BrN3S. The van der Waals surface area contributed by atoms with Crippen LogP contribution in [0, 0.1) is 0 Å². The van der Waals surface area contributed by atoms with E-state index in [1.54, 1.807) is 11.3 Å². The first-order valence-electron chi connectivity index (χ1n) is 7.10.